The summed E-state index contributed by atoms with van der Waals surface area (Å²) >= 11 is 0. The third kappa shape index (κ3) is 5.19. The first-order valence-electron chi connectivity index (χ1n) is 6.03. The van der Waals surface area contributed by atoms with Crippen molar-refractivity contribution < 1.29 is 18.0 Å². The number of carbonyl (C=O) groups excluding carboxylic acids is 1. The van der Waals surface area contributed by atoms with Gasteiger partial charge in [-0.25, -0.2) is 0 Å². The Kier molecular flexibility index (Phi) is 5.20. The summed E-state index contributed by atoms with van der Waals surface area (Å²) in [4.78, 5) is 11.7. The Morgan fingerprint density at radius 1 is 1.32 bits per heavy atom. The van der Waals surface area contributed by atoms with Crippen LogP contribution in [0.2, 0.25) is 0 Å². The minimum Gasteiger partial charge on any atom is -0.385 e. The van der Waals surface area contributed by atoms with Gasteiger partial charge in [0.15, 0.2) is 0 Å². The minimum atomic E-state index is -4.25. The Labute approximate surface area is 110 Å². The Hall–Kier alpha value is -1.72. The summed E-state index contributed by atoms with van der Waals surface area (Å²) in [5.74, 6) is -0.482. The molecule has 1 aromatic carbocycles. The summed E-state index contributed by atoms with van der Waals surface area (Å²) < 4.78 is 35.9. The van der Waals surface area contributed by atoms with Gasteiger partial charge < -0.3 is 10.6 Å². The van der Waals surface area contributed by atoms with E-state index < -0.39 is 25.0 Å². The quantitative estimate of drug-likeness (QED) is 0.866. The zero-order valence-corrected chi connectivity index (χ0v) is 10.9. The highest BCUT2D eigenvalue weighted by molar-refractivity contribution is 5.96. The Morgan fingerprint density at radius 3 is 2.53 bits per heavy atom. The first kappa shape index (κ1) is 15.3. The summed E-state index contributed by atoms with van der Waals surface area (Å²) in [5, 5.41) is 5.37. The molecule has 6 heteroatoms. The van der Waals surface area contributed by atoms with E-state index in [0.717, 1.165) is 17.8 Å². The fourth-order valence-electron chi connectivity index (χ4n) is 1.65. The van der Waals surface area contributed by atoms with Gasteiger partial charge in [-0.2, -0.15) is 13.2 Å². The predicted octanol–water partition coefficient (Wildman–Crippen LogP) is 3.11. The standard InChI is InChI=1S/C13H17F3N2O/c1-3-17-10-4-5-11(9(2)8-10)12(19)18-7-6-13(14,15)16/h4-5,8,17H,3,6-7H2,1-2H3,(H,18,19). The summed E-state index contributed by atoms with van der Waals surface area (Å²) in [5.41, 5.74) is 2.00. The highest BCUT2D eigenvalue weighted by Crippen LogP contribution is 2.19. The van der Waals surface area contributed by atoms with Crippen LogP contribution in [0, 0.1) is 6.92 Å². The van der Waals surface area contributed by atoms with Crippen LogP contribution in [0.1, 0.15) is 29.3 Å². The van der Waals surface area contributed by atoms with Crippen molar-refractivity contribution in [3.05, 3.63) is 29.3 Å². The molecule has 0 spiro atoms. The van der Waals surface area contributed by atoms with Crippen LogP contribution in [-0.4, -0.2) is 25.2 Å². The van der Waals surface area contributed by atoms with Gasteiger partial charge >= 0.3 is 6.18 Å². The molecule has 0 heterocycles. The van der Waals surface area contributed by atoms with Crippen molar-refractivity contribution in [3.8, 4) is 0 Å². The number of aryl methyl sites for hydroxylation is 1. The number of rotatable bonds is 5. The van der Waals surface area contributed by atoms with E-state index in [4.69, 9.17) is 0 Å². The lowest BCUT2D eigenvalue weighted by atomic mass is 10.1. The molecule has 1 amide bonds. The van der Waals surface area contributed by atoms with Gasteiger partial charge in [0.2, 0.25) is 0 Å². The number of hydrogen-bond donors (Lipinski definition) is 2. The lowest BCUT2D eigenvalue weighted by Gasteiger charge is -2.11. The molecule has 19 heavy (non-hydrogen) atoms. The van der Waals surface area contributed by atoms with Crippen molar-refractivity contribution in [3.63, 3.8) is 0 Å². The summed E-state index contributed by atoms with van der Waals surface area (Å²) in [6, 6.07) is 5.13. The second-order valence-electron chi connectivity index (χ2n) is 4.18. The number of nitrogens with one attached hydrogen (secondary N) is 2. The van der Waals surface area contributed by atoms with Crippen LogP contribution in [0.3, 0.4) is 0 Å². The molecule has 0 saturated carbocycles. The van der Waals surface area contributed by atoms with E-state index in [1.807, 2.05) is 6.92 Å². The zero-order valence-electron chi connectivity index (χ0n) is 10.9. The van der Waals surface area contributed by atoms with Gasteiger partial charge in [-0.3, -0.25) is 4.79 Å². The largest absolute Gasteiger partial charge is 0.390 e. The molecule has 2 N–H and O–H groups in total. The molecule has 106 valence electrons. The zero-order chi connectivity index (χ0) is 14.5. The smallest absolute Gasteiger partial charge is 0.385 e. The third-order valence-electron chi connectivity index (χ3n) is 2.55. The number of alkyl halides is 3. The van der Waals surface area contributed by atoms with E-state index >= 15 is 0 Å². The second-order valence-corrected chi connectivity index (χ2v) is 4.18. The van der Waals surface area contributed by atoms with Crippen molar-refractivity contribution in [2.45, 2.75) is 26.4 Å². The maximum atomic E-state index is 12.0. The molecule has 0 fully saturated rings. The van der Waals surface area contributed by atoms with Crippen molar-refractivity contribution >= 4 is 11.6 Å². The molecular weight excluding hydrogens is 257 g/mol. The highest BCUT2D eigenvalue weighted by Gasteiger charge is 2.26. The number of benzene rings is 1. The second kappa shape index (κ2) is 6.45. The number of amides is 1. The summed E-state index contributed by atoms with van der Waals surface area (Å²) in [7, 11) is 0. The van der Waals surface area contributed by atoms with Gasteiger partial charge in [0.05, 0.1) is 6.42 Å². The molecule has 0 bridgehead atoms. The van der Waals surface area contributed by atoms with Crippen molar-refractivity contribution in [2.75, 3.05) is 18.4 Å². The Bertz CT molecular complexity index is 444. The summed E-state index contributed by atoms with van der Waals surface area (Å²) in [6.45, 7) is 4.06. The molecule has 0 aliphatic rings. The fraction of sp³-hybridized carbons (Fsp3) is 0.462. The SMILES string of the molecule is CCNc1ccc(C(=O)NCCC(F)(F)F)c(C)c1. The summed E-state index contributed by atoms with van der Waals surface area (Å²) in [6.07, 6.45) is -5.27. The minimum absolute atomic E-state index is 0.392. The van der Waals surface area contributed by atoms with Crippen molar-refractivity contribution in [2.24, 2.45) is 0 Å². The van der Waals surface area contributed by atoms with Crippen LogP contribution in [0.4, 0.5) is 18.9 Å². The monoisotopic (exact) mass is 274 g/mol. The average Bonchev–Trinajstić information content (AvgIpc) is 2.27. The van der Waals surface area contributed by atoms with Crippen LogP contribution in [0.5, 0.6) is 0 Å². The van der Waals surface area contributed by atoms with Crippen LogP contribution >= 0.6 is 0 Å². The lowest BCUT2D eigenvalue weighted by molar-refractivity contribution is -0.132. The molecule has 1 rings (SSSR count). The molecule has 0 atom stereocenters. The normalized spacial score (nSPS) is 11.2. The molecule has 0 aliphatic heterocycles. The number of carbonyl (C=O) groups is 1. The molecule has 1 aromatic rings. The van der Waals surface area contributed by atoms with Crippen LogP contribution < -0.4 is 10.6 Å². The van der Waals surface area contributed by atoms with E-state index in [9.17, 15) is 18.0 Å². The Balaban J connectivity index is 2.62. The van der Waals surface area contributed by atoms with E-state index in [1.54, 1.807) is 25.1 Å². The van der Waals surface area contributed by atoms with E-state index in [2.05, 4.69) is 10.6 Å². The first-order valence-corrected chi connectivity index (χ1v) is 6.03. The molecule has 0 unspecified atom stereocenters. The van der Waals surface area contributed by atoms with E-state index in [0.29, 0.717) is 5.56 Å². The van der Waals surface area contributed by atoms with Gasteiger partial charge in [-0.1, -0.05) is 0 Å². The first-order chi connectivity index (χ1) is 8.83. The van der Waals surface area contributed by atoms with Crippen LogP contribution in [0.15, 0.2) is 18.2 Å². The molecular formula is C13H17F3N2O. The van der Waals surface area contributed by atoms with Gasteiger partial charge in [0.25, 0.3) is 5.91 Å². The van der Waals surface area contributed by atoms with Gasteiger partial charge in [0, 0.05) is 24.3 Å². The van der Waals surface area contributed by atoms with E-state index in [1.165, 1.54) is 0 Å². The molecule has 0 radical (unpaired) electrons. The average molecular weight is 274 g/mol. The number of anilines is 1. The van der Waals surface area contributed by atoms with Gasteiger partial charge in [-0.15, -0.1) is 0 Å². The molecule has 3 nitrogen and oxygen atoms in total. The van der Waals surface area contributed by atoms with Crippen LogP contribution in [0.25, 0.3) is 0 Å². The Morgan fingerprint density at radius 2 is 2.00 bits per heavy atom. The molecule has 0 aliphatic carbocycles. The maximum Gasteiger partial charge on any atom is 0.390 e. The predicted molar refractivity (Wildman–Crippen MR) is 68.3 cm³/mol. The van der Waals surface area contributed by atoms with Crippen molar-refractivity contribution in [1.29, 1.82) is 0 Å². The fourth-order valence-corrected chi connectivity index (χ4v) is 1.65. The lowest BCUT2D eigenvalue weighted by Crippen LogP contribution is -2.28. The number of hydrogen-bond acceptors (Lipinski definition) is 2. The number of halogens is 3. The van der Waals surface area contributed by atoms with Crippen LogP contribution in [-0.2, 0) is 0 Å². The van der Waals surface area contributed by atoms with Gasteiger partial charge in [-0.05, 0) is 37.6 Å². The molecule has 0 aromatic heterocycles. The third-order valence-corrected chi connectivity index (χ3v) is 2.55. The van der Waals surface area contributed by atoms with E-state index in [-0.39, 0.29) is 0 Å². The molecule has 0 saturated heterocycles. The van der Waals surface area contributed by atoms with Gasteiger partial charge in [0.1, 0.15) is 0 Å². The highest BCUT2D eigenvalue weighted by atomic mass is 19.4. The van der Waals surface area contributed by atoms with Crippen molar-refractivity contribution in [1.82, 2.24) is 5.32 Å². The topological polar surface area (TPSA) is 41.1 Å². The maximum absolute atomic E-state index is 12.0.